The first-order chi connectivity index (χ1) is 9.47. The number of carbonyl (C=O) groups is 2. The highest BCUT2D eigenvalue weighted by atomic mass is 16.4. The van der Waals surface area contributed by atoms with Gasteiger partial charge in [0, 0.05) is 17.6 Å². The molecule has 0 saturated heterocycles. The Bertz CT molecular complexity index is 520. The molecule has 1 aromatic rings. The third kappa shape index (κ3) is 3.36. The predicted octanol–water partition coefficient (Wildman–Crippen LogP) is 2.15. The maximum absolute atomic E-state index is 12.2. The van der Waals surface area contributed by atoms with E-state index in [0.717, 1.165) is 31.2 Å². The molecule has 0 radical (unpaired) electrons. The zero-order valence-corrected chi connectivity index (χ0v) is 11.6. The molecule has 108 valence electrons. The molecule has 20 heavy (non-hydrogen) atoms. The van der Waals surface area contributed by atoms with Crippen LogP contribution in [0.3, 0.4) is 0 Å². The molecular weight excluding hydrogens is 256 g/mol. The quantitative estimate of drug-likeness (QED) is 0.788. The predicted molar refractivity (Wildman–Crippen MR) is 76.7 cm³/mol. The number of aromatic carboxylic acids is 1. The molecule has 0 spiro atoms. The topological polar surface area (TPSA) is 92.4 Å². The summed E-state index contributed by atoms with van der Waals surface area (Å²) in [6.07, 6.45) is 3.33. The van der Waals surface area contributed by atoms with E-state index in [1.165, 1.54) is 12.1 Å². The summed E-state index contributed by atoms with van der Waals surface area (Å²) in [6, 6.07) is 4.95. The van der Waals surface area contributed by atoms with Crippen LogP contribution in [0.2, 0.25) is 0 Å². The number of carboxylic acid groups (broad SMARTS) is 1. The Hall–Kier alpha value is -1.88. The third-order valence-electron chi connectivity index (χ3n) is 3.89. The van der Waals surface area contributed by atoms with Crippen molar-refractivity contribution >= 4 is 17.6 Å². The Kier molecular flexibility index (Phi) is 4.39. The van der Waals surface area contributed by atoms with Gasteiger partial charge in [0.1, 0.15) is 0 Å². The minimum Gasteiger partial charge on any atom is -0.478 e. The number of anilines is 1. The molecule has 0 bridgehead atoms. The molecule has 1 aliphatic rings. The van der Waals surface area contributed by atoms with Gasteiger partial charge in [-0.15, -0.1) is 0 Å². The van der Waals surface area contributed by atoms with Gasteiger partial charge >= 0.3 is 5.97 Å². The fourth-order valence-electron chi connectivity index (χ4n) is 2.51. The molecule has 1 fully saturated rings. The van der Waals surface area contributed by atoms with E-state index in [4.69, 9.17) is 10.8 Å². The lowest BCUT2D eigenvalue weighted by Crippen LogP contribution is -2.32. The molecule has 1 aromatic carbocycles. The SMILES string of the molecule is Cc1ccc(C(=O)O)cc1NC(=O)C1CCC(N)CC1. The summed E-state index contributed by atoms with van der Waals surface area (Å²) in [5, 5.41) is 11.8. The van der Waals surface area contributed by atoms with Crippen LogP contribution in [0.15, 0.2) is 18.2 Å². The number of nitrogens with one attached hydrogen (secondary N) is 1. The Morgan fingerprint density at radius 2 is 1.90 bits per heavy atom. The monoisotopic (exact) mass is 276 g/mol. The molecule has 0 aromatic heterocycles. The molecule has 1 saturated carbocycles. The molecule has 5 heteroatoms. The standard InChI is InChI=1S/C15H20N2O3/c1-9-2-3-11(15(19)20)8-13(9)17-14(18)10-4-6-12(16)7-5-10/h2-3,8,10,12H,4-7,16H2,1H3,(H,17,18)(H,19,20). The van der Waals surface area contributed by atoms with Gasteiger partial charge in [-0.25, -0.2) is 4.79 Å². The van der Waals surface area contributed by atoms with Crippen molar-refractivity contribution < 1.29 is 14.7 Å². The van der Waals surface area contributed by atoms with Gasteiger partial charge < -0.3 is 16.2 Å². The minimum atomic E-state index is -0.996. The Morgan fingerprint density at radius 1 is 1.25 bits per heavy atom. The highest BCUT2D eigenvalue weighted by molar-refractivity contribution is 5.95. The van der Waals surface area contributed by atoms with Crippen molar-refractivity contribution in [2.24, 2.45) is 11.7 Å². The number of aryl methyl sites for hydroxylation is 1. The van der Waals surface area contributed by atoms with E-state index in [1.54, 1.807) is 6.07 Å². The van der Waals surface area contributed by atoms with E-state index in [1.807, 2.05) is 6.92 Å². The van der Waals surface area contributed by atoms with Gasteiger partial charge in [0.05, 0.1) is 5.56 Å². The molecule has 5 nitrogen and oxygen atoms in total. The Balaban J connectivity index is 2.07. The number of carboxylic acids is 1. The van der Waals surface area contributed by atoms with Gasteiger partial charge in [-0.3, -0.25) is 4.79 Å². The average Bonchev–Trinajstić information content (AvgIpc) is 2.41. The van der Waals surface area contributed by atoms with Gasteiger partial charge in [-0.2, -0.15) is 0 Å². The second-order valence-electron chi connectivity index (χ2n) is 5.44. The van der Waals surface area contributed by atoms with Crippen molar-refractivity contribution in [2.75, 3.05) is 5.32 Å². The molecule has 0 aliphatic heterocycles. The molecular formula is C15H20N2O3. The lowest BCUT2D eigenvalue weighted by atomic mass is 9.86. The zero-order valence-electron chi connectivity index (χ0n) is 11.6. The van der Waals surface area contributed by atoms with Crippen molar-refractivity contribution in [2.45, 2.75) is 38.6 Å². The van der Waals surface area contributed by atoms with Crippen LogP contribution in [0.1, 0.15) is 41.6 Å². The second kappa shape index (κ2) is 6.05. The largest absolute Gasteiger partial charge is 0.478 e. The number of carbonyl (C=O) groups excluding carboxylic acids is 1. The Labute approximate surface area is 118 Å². The third-order valence-corrected chi connectivity index (χ3v) is 3.89. The van der Waals surface area contributed by atoms with Gasteiger partial charge in [0.25, 0.3) is 0 Å². The fraction of sp³-hybridized carbons (Fsp3) is 0.467. The van der Waals surface area contributed by atoms with Crippen LogP contribution in [0.5, 0.6) is 0 Å². The van der Waals surface area contributed by atoms with E-state index in [2.05, 4.69) is 5.32 Å². The smallest absolute Gasteiger partial charge is 0.335 e. The van der Waals surface area contributed by atoms with Crippen LogP contribution in [0.4, 0.5) is 5.69 Å². The number of hydrogen-bond donors (Lipinski definition) is 3. The maximum atomic E-state index is 12.2. The van der Waals surface area contributed by atoms with Gasteiger partial charge in [0.2, 0.25) is 5.91 Å². The average molecular weight is 276 g/mol. The van der Waals surface area contributed by atoms with Crippen molar-refractivity contribution in [3.63, 3.8) is 0 Å². The first kappa shape index (κ1) is 14.5. The van der Waals surface area contributed by atoms with Gasteiger partial charge in [0.15, 0.2) is 0 Å². The lowest BCUT2D eigenvalue weighted by molar-refractivity contribution is -0.120. The molecule has 0 heterocycles. The number of rotatable bonds is 3. The summed E-state index contributed by atoms with van der Waals surface area (Å²) >= 11 is 0. The van der Waals surface area contributed by atoms with E-state index in [-0.39, 0.29) is 23.4 Å². The van der Waals surface area contributed by atoms with E-state index in [9.17, 15) is 9.59 Å². The van der Waals surface area contributed by atoms with Gasteiger partial charge in [-0.1, -0.05) is 6.07 Å². The number of nitrogens with two attached hydrogens (primary N) is 1. The molecule has 0 atom stereocenters. The minimum absolute atomic E-state index is 0.0253. The fourth-order valence-corrected chi connectivity index (χ4v) is 2.51. The summed E-state index contributed by atoms with van der Waals surface area (Å²) in [7, 11) is 0. The van der Waals surface area contributed by atoms with Crippen LogP contribution < -0.4 is 11.1 Å². The number of amides is 1. The summed E-state index contributed by atoms with van der Waals surface area (Å²) < 4.78 is 0. The highest BCUT2D eigenvalue weighted by Gasteiger charge is 2.25. The van der Waals surface area contributed by atoms with E-state index >= 15 is 0 Å². The normalized spacial score (nSPS) is 22.3. The summed E-state index contributed by atoms with van der Waals surface area (Å²) in [6.45, 7) is 1.85. The van der Waals surface area contributed by atoms with Crippen LogP contribution in [-0.2, 0) is 4.79 Å². The molecule has 2 rings (SSSR count). The summed E-state index contributed by atoms with van der Waals surface area (Å²) in [5.74, 6) is -1.06. The zero-order chi connectivity index (χ0) is 14.7. The number of hydrogen-bond acceptors (Lipinski definition) is 3. The van der Waals surface area contributed by atoms with Crippen LogP contribution >= 0.6 is 0 Å². The summed E-state index contributed by atoms with van der Waals surface area (Å²) in [5.41, 5.74) is 7.44. The lowest BCUT2D eigenvalue weighted by Gasteiger charge is -2.25. The summed E-state index contributed by atoms with van der Waals surface area (Å²) in [4.78, 5) is 23.2. The Morgan fingerprint density at radius 3 is 2.50 bits per heavy atom. The first-order valence-corrected chi connectivity index (χ1v) is 6.87. The van der Waals surface area contributed by atoms with Crippen LogP contribution in [0.25, 0.3) is 0 Å². The van der Waals surface area contributed by atoms with Gasteiger partial charge in [-0.05, 0) is 50.3 Å². The second-order valence-corrected chi connectivity index (χ2v) is 5.44. The van der Waals surface area contributed by atoms with Crippen molar-refractivity contribution in [1.29, 1.82) is 0 Å². The molecule has 4 N–H and O–H groups in total. The number of benzene rings is 1. The van der Waals surface area contributed by atoms with E-state index < -0.39 is 5.97 Å². The molecule has 1 aliphatic carbocycles. The maximum Gasteiger partial charge on any atom is 0.335 e. The van der Waals surface area contributed by atoms with Crippen molar-refractivity contribution in [3.05, 3.63) is 29.3 Å². The molecule has 1 amide bonds. The van der Waals surface area contributed by atoms with Crippen LogP contribution in [-0.4, -0.2) is 23.0 Å². The van der Waals surface area contributed by atoms with E-state index in [0.29, 0.717) is 5.69 Å². The first-order valence-electron chi connectivity index (χ1n) is 6.87. The van der Waals surface area contributed by atoms with Crippen molar-refractivity contribution in [3.8, 4) is 0 Å². The molecule has 0 unspecified atom stereocenters. The van der Waals surface area contributed by atoms with Crippen LogP contribution in [0, 0.1) is 12.8 Å². The highest BCUT2D eigenvalue weighted by Crippen LogP contribution is 2.25. The van der Waals surface area contributed by atoms with Crippen molar-refractivity contribution in [1.82, 2.24) is 0 Å².